The normalized spacial score (nSPS) is 16.4. The second kappa shape index (κ2) is 6.58. The van der Waals surface area contributed by atoms with Gasteiger partial charge in [-0.3, -0.25) is 0 Å². The monoisotopic (exact) mass is 161 g/mol. The molecule has 0 rings (SSSR count). The fourth-order valence-electron chi connectivity index (χ4n) is 0.732. The van der Waals surface area contributed by atoms with E-state index in [1.807, 2.05) is 0 Å². The molecule has 0 saturated heterocycles. The Hall–Kier alpha value is -0.120. The summed E-state index contributed by atoms with van der Waals surface area (Å²) in [4.78, 5) is 0. The third-order valence-corrected chi connectivity index (χ3v) is 1.79. The molecule has 0 aliphatic carbocycles. The van der Waals surface area contributed by atoms with E-state index in [1.54, 1.807) is 0 Å². The van der Waals surface area contributed by atoms with Gasteiger partial charge >= 0.3 is 0 Å². The molecule has 3 heteroatoms. The quantitative estimate of drug-likeness (QED) is 0.518. The SMILES string of the molecule is CCC(C)NCC[C@H](O)CO. The molecule has 0 aromatic rings. The van der Waals surface area contributed by atoms with Gasteiger partial charge in [0.25, 0.3) is 0 Å². The molecular formula is C8H19NO2. The first-order chi connectivity index (χ1) is 5.20. The zero-order valence-corrected chi connectivity index (χ0v) is 7.38. The Labute approximate surface area is 68.4 Å². The molecule has 11 heavy (non-hydrogen) atoms. The Kier molecular flexibility index (Phi) is 6.51. The second-order valence-corrected chi connectivity index (χ2v) is 2.89. The number of aliphatic hydroxyl groups excluding tert-OH is 2. The molecule has 68 valence electrons. The summed E-state index contributed by atoms with van der Waals surface area (Å²) >= 11 is 0. The molecule has 0 saturated carbocycles. The minimum Gasteiger partial charge on any atom is -0.394 e. The fourth-order valence-corrected chi connectivity index (χ4v) is 0.732. The highest BCUT2D eigenvalue weighted by Crippen LogP contribution is 1.91. The minimum absolute atomic E-state index is 0.137. The maximum Gasteiger partial charge on any atom is 0.0783 e. The van der Waals surface area contributed by atoms with E-state index in [0.29, 0.717) is 12.5 Å². The summed E-state index contributed by atoms with van der Waals surface area (Å²) in [6, 6.07) is 0.501. The van der Waals surface area contributed by atoms with Crippen LogP contribution in [0.3, 0.4) is 0 Å². The van der Waals surface area contributed by atoms with Crippen LogP contribution in [-0.4, -0.2) is 35.5 Å². The van der Waals surface area contributed by atoms with Crippen molar-refractivity contribution in [3.05, 3.63) is 0 Å². The molecule has 0 heterocycles. The van der Waals surface area contributed by atoms with E-state index in [4.69, 9.17) is 10.2 Å². The van der Waals surface area contributed by atoms with E-state index in [9.17, 15) is 0 Å². The number of aliphatic hydroxyl groups is 2. The molecule has 1 unspecified atom stereocenters. The van der Waals surface area contributed by atoms with Crippen LogP contribution in [-0.2, 0) is 0 Å². The van der Waals surface area contributed by atoms with Gasteiger partial charge in [0.05, 0.1) is 12.7 Å². The van der Waals surface area contributed by atoms with Crippen molar-refractivity contribution in [3.63, 3.8) is 0 Å². The van der Waals surface area contributed by atoms with Crippen LogP contribution in [0, 0.1) is 0 Å². The van der Waals surface area contributed by atoms with E-state index in [0.717, 1.165) is 13.0 Å². The van der Waals surface area contributed by atoms with Crippen molar-refractivity contribution in [2.24, 2.45) is 0 Å². The highest BCUT2D eigenvalue weighted by Gasteiger charge is 2.02. The van der Waals surface area contributed by atoms with Crippen LogP contribution in [0.2, 0.25) is 0 Å². The largest absolute Gasteiger partial charge is 0.394 e. The van der Waals surface area contributed by atoms with E-state index in [1.165, 1.54) is 0 Å². The zero-order chi connectivity index (χ0) is 8.69. The Morgan fingerprint density at radius 2 is 2.09 bits per heavy atom. The number of nitrogens with one attached hydrogen (secondary N) is 1. The smallest absolute Gasteiger partial charge is 0.0783 e. The van der Waals surface area contributed by atoms with Crippen molar-refractivity contribution >= 4 is 0 Å². The first-order valence-electron chi connectivity index (χ1n) is 4.23. The number of hydrogen-bond acceptors (Lipinski definition) is 3. The van der Waals surface area contributed by atoms with Gasteiger partial charge in [-0.2, -0.15) is 0 Å². The fraction of sp³-hybridized carbons (Fsp3) is 1.00. The zero-order valence-electron chi connectivity index (χ0n) is 7.38. The van der Waals surface area contributed by atoms with E-state index < -0.39 is 6.10 Å². The summed E-state index contributed by atoms with van der Waals surface area (Å²) in [6.45, 7) is 4.85. The average molecular weight is 161 g/mol. The Bertz CT molecular complexity index is 78.2. The molecule has 2 atom stereocenters. The maximum absolute atomic E-state index is 8.95. The second-order valence-electron chi connectivity index (χ2n) is 2.89. The molecule has 0 bridgehead atoms. The highest BCUT2D eigenvalue weighted by atomic mass is 16.3. The van der Waals surface area contributed by atoms with Crippen LogP contribution < -0.4 is 5.32 Å². The summed E-state index contributed by atoms with van der Waals surface area (Å²) in [6.07, 6.45) is 1.15. The summed E-state index contributed by atoms with van der Waals surface area (Å²) in [5.74, 6) is 0. The predicted molar refractivity (Wildman–Crippen MR) is 45.5 cm³/mol. The highest BCUT2D eigenvalue weighted by molar-refractivity contribution is 4.60. The van der Waals surface area contributed by atoms with Crippen LogP contribution >= 0.6 is 0 Å². The van der Waals surface area contributed by atoms with Gasteiger partial charge in [0.2, 0.25) is 0 Å². The van der Waals surface area contributed by atoms with Gasteiger partial charge in [-0.1, -0.05) is 6.92 Å². The Balaban J connectivity index is 3.13. The van der Waals surface area contributed by atoms with Crippen LogP contribution in [0.4, 0.5) is 0 Å². The van der Waals surface area contributed by atoms with E-state index in [-0.39, 0.29) is 6.61 Å². The van der Waals surface area contributed by atoms with Gasteiger partial charge < -0.3 is 15.5 Å². The first kappa shape index (κ1) is 10.9. The number of rotatable bonds is 6. The van der Waals surface area contributed by atoms with Gasteiger partial charge in [-0.15, -0.1) is 0 Å². The van der Waals surface area contributed by atoms with Crippen LogP contribution in [0.25, 0.3) is 0 Å². The van der Waals surface area contributed by atoms with Gasteiger partial charge in [0.15, 0.2) is 0 Å². The lowest BCUT2D eigenvalue weighted by molar-refractivity contribution is 0.0877. The van der Waals surface area contributed by atoms with Crippen LogP contribution in [0.5, 0.6) is 0 Å². The first-order valence-corrected chi connectivity index (χ1v) is 4.23. The molecule has 0 spiro atoms. The molecule has 0 aromatic heterocycles. The summed E-state index contributed by atoms with van der Waals surface area (Å²) in [7, 11) is 0. The Morgan fingerprint density at radius 1 is 1.45 bits per heavy atom. The summed E-state index contributed by atoms with van der Waals surface area (Å²) < 4.78 is 0. The molecule has 0 aromatic carbocycles. The van der Waals surface area contributed by atoms with Crippen molar-refractivity contribution in [1.29, 1.82) is 0 Å². The lowest BCUT2D eigenvalue weighted by atomic mass is 10.2. The van der Waals surface area contributed by atoms with E-state index in [2.05, 4.69) is 19.2 Å². The third kappa shape index (κ3) is 6.28. The van der Waals surface area contributed by atoms with Gasteiger partial charge in [-0.25, -0.2) is 0 Å². The molecule has 0 aliphatic heterocycles. The van der Waals surface area contributed by atoms with Crippen molar-refractivity contribution in [2.45, 2.75) is 38.8 Å². The predicted octanol–water partition coefficient (Wildman–Crippen LogP) is 0.118. The van der Waals surface area contributed by atoms with Crippen LogP contribution in [0.15, 0.2) is 0 Å². The van der Waals surface area contributed by atoms with Crippen molar-refractivity contribution < 1.29 is 10.2 Å². The molecule has 0 radical (unpaired) electrons. The topological polar surface area (TPSA) is 52.5 Å². The molecule has 3 N–H and O–H groups in total. The molecule has 0 aliphatic rings. The van der Waals surface area contributed by atoms with Gasteiger partial charge in [0, 0.05) is 6.04 Å². The summed E-state index contributed by atoms with van der Waals surface area (Å²) in [5, 5.41) is 20.7. The molecule has 3 nitrogen and oxygen atoms in total. The lowest BCUT2D eigenvalue weighted by Crippen LogP contribution is -2.29. The number of hydrogen-bond donors (Lipinski definition) is 3. The van der Waals surface area contributed by atoms with Crippen molar-refractivity contribution in [1.82, 2.24) is 5.32 Å². The van der Waals surface area contributed by atoms with Crippen LogP contribution in [0.1, 0.15) is 26.7 Å². The van der Waals surface area contributed by atoms with Gasteiger partial charge in [-0.05, 0) is 26.3 Å². The summed E-state index contributed by atoms with van der Waals surface area (Å²) in [5.41, 5.74) is 0. The molecular weight excluding hydrogens is 142 g/mol. The van der Waals surface area contributed by atoms with Gasteiger partial charge in [0.1, 0.15) is 0 Å². The molecule has 0 fully saturated rings. The Morgan fingerprint density at radius 3 is 2.55 bits per heavy atom. The third-order valence-electron chi connectivity index (χ3n) is 1.79. The molecule has 0 amide bonds. The average Bonchev–Trinajstić information content (AvgIpc) is 2.04. The van der Waals surface area contributed by atoms with E-state index >= 15 is 0 Å². The van der Waals surface area contributed by atoms with Crippen molar-refractivity contribution in [3.8, 4) is 0 Å². The minimum atomic E-state index is -0.563. The van der Waals surface area contributed by atoms with Crippen molar-refractivity contribution in [2.75, 3.05) is 13.2 Å². The lowest BCUT2D eigenvalue weighted by Gasteiger charge is -2.12. The standard InChI is InChI=1S/C8H19NO2/c1-3-7(2)9-5-4-8(11)6-10/h7-11H,3-6H2,1-2H3/t7?,8-/m0/s1. The maximum atomic E-state index is 8.95.